The van der Waals surface area contributed by atoms with E-state index in [0.29, 0.717) is 11.5 Å². The maximum atomic E-state index is 11.7. The molecule has 126 valence electrons. The van der Waals surface area contributed by atoms with Crippen LogP contribution in [0, 0.1) is 13.8 Å². The molecule has 4 heteroatoms. The fraction of sp³-hybridized carbons (Fsp3) is 0.300. The van der Waals surface area contributed by atoms with E-state index in [9.17, 15) is 4.79 Å². The van der Waals surface area contributed by atoms with Gasteiger partial charge in [-0.2, -0.15) is 0 Å². The highest BCUT2D eigenvalue weighted by Crippen LogP contribution is 2.29. The van der Waals surface area contributed by atoms with Gasteiger partial charge in [-0.25, -0.2) is 9.78 Å². The van der Waals surface area contributed by atoms with Gasteiger partial charge >= 0.3 is 5.97 Å². The average Bonchev–Trinajstić information content (AvgIpc) is 3.00. The van der Waals surface area contributed by atoms with Gasteiger partial charge in [-0.3, -0.25) is 0 Å². The molecule has 0 aliphatic heterocycles. The number of hydrogen-bond acceptors (Lipinski definition) is 4. The van der Waals surface area contributed by atoms with Gasteiger partial charge in [0.2, 0.25) is 5.89 Å². The van der Waals surface area contributed by atoms with Gasteiger partial charge in [-0.15, -0.1) is 0 Å². The number of esters is 1. The zero-order valence-electron chi connectivity index (χ0n) is 14.8. The normalized spacial score (nSPS) is 10.2. The molecule has 0 amide bonds. The van der Waals surface area contributed by atoms with Crippen molar-refractivity contribution in [1.82, 2.24) is 4.98 Å². The zero-order valence-corrected chi connectivity index (χ0v) is 14.8. The molecule has 0 atom stereocenters. The number of ether oxygens (including phenoxy) is 1. The predicted octanol–water partition coefficient (Wildman–Crippen LogP) is 5.31. The predicted molar refractivity (Wildman–Crippen MR) is 96.2 cm³/mol. The number of para-hydroxylation sites is 2. The van der Waals surface area contributed by atoms with Crippen LogP contribution in [0.5, 0.6) is 0 Å². The van der Waals surface area contributed by atoms with E-state index in [1.54, 1.807) is 0 Å². The van der Waals surface area contributed by atoms with Crippen LogP contribution in [0.3, 0.4) is 0 Å². The number of aromatic nitrogens is 1. The highest BCUT2D eigenvalue weighted by Gasteiger charge is 2.16. The Bertz CT molecular complexity index is 816. The SMILES string of the molecule is CCC.COC(=O)c1cc(C)c(-c2nc3ccccc3o2)cc1C. The highest BCUT2D eigenvalue weighted by atomic mass is 16.5. The molecule has 2 aromatic carbocycles. The van der Waals surface area contributed by atoms with Crippen LogP contribution in [0.1, 0.15) is 41.8 Å². The monoisotopic (exact) mass is 325 g/mol. The lowest BCUT2D eigenvalue weighted by atomic mass is 10.00. The average molecular weight is 325 g/mol. The Hall–Kier alpha value is -2.62. The minimum absolute atomic E-state index is 0.334. The van der Waals surface area contributed by atoms with E-state index in [2.05, 4.69) is 18.8 Å². The van der Waals surface area contributed by atoms with Crippen LogP contribution in [0.4, 0.5) is 0 Å². The van der Waals surface area contributed by atoms with Crippen molar-refractivity contribution in [3.8, 4) is 11.5 Å². The number of nitrogens with zero attached hydrogens (tertiary/aromatic N) is 1. The van der Waals surface area contributed by atoms with Gasteiger partial charge in [0.05, 0.1) is 12.7 Å². The molecule has 0 unspecified atom stereocenters. The largest absolute Gasteiger partial charge is 0.465 e. The van der Waals surface area contributed by atoms with E-state index >= 15 is 0 Å². The van der Waals surface area contributed by atoms with Gasteiger partial charge < -0.3 is 9.15 Å². The molecule has 0 radical (unpaired) electrons. The molecule has 4 nitrogen and oxygen atoms in total. The van der Waals surface area contributed by atoms with Crippen molar-refractivity contribution < 1.29 is 13.9 Å². The van der Waals surface area contributed by atoms with Crippen LogP contribution in [-0.4, -0.2) is 18.1 Å². The fourth-order valence-electron chi connectivity index (χ4n) is 2.36. The summed E-state index contributed by atoms with van der Waals surface area (Å²) in [6.07, 6.45) is 1.25. The number of hydrogen-bond donors (Lipinski definition) is 0. The number of carbonyl (C=O) groups excluding carboxylic acids is 1. The molecule has 0 bridgehead atoms. The van der Waals surface area contributed by atoms with Crippen molar-refractivity contribution in [2.75, 3.05) is 7.11 Å². The fourth-order valence-corrected chi connectivity index (χ4v) is 2.36. The molecule has 0 N–H and O–H groups in total. The third-order valence-corrected chi connectivity index (χ3v) is 3.50. The standard InChI is InChI=1S/C17H15NO3.C3H8/c1-10-9-13(17(19)20-3)11(2)8-12(10)16-18-14-6-4-5-7-15(14)21-16;1-3-2/h4-9H,1-3H3;3H2,1-2H3. The molecule has 0 saturated heterocycles. The summed E-state index contributed by atoms with van der Waals surface area (Å²) in [5, 5.41) is 0. The summed E-state index contributed by atoms with van der Waals surface area (Å²) in [5.74, 6) is 0.230. The van der Waals surface area contributed by atoms with Gasteiger partial charge in [0.1, 0.15) is 5.52 Å². The van der Waals surface area contributed by atoms with E-state index in [1.807, 2.05) is 50.2 Å². The molecule has 0 saturated carbocycles. The smallest absolute Gasteiger partial charge is 0.338 e. The van der Waals surface area contributed by atoms with Crippen LogP contribution < -0.4 is 0 Å². The lowest BCUT2D eigenvalue weighted by molar-refractivity contribution is 0.0600. The summed E-state index contributed by atoms with van der Waals surface area (Å²) < 4.78 is 10.6. The summed E-state index contributed by atoms with van der Waals surface area (Å²) in [6.45, 7) is 8.05. The maximum Gasteiger partial charge on any atom is 0.338 e. The number of rotatable bonds is 2. The van der Waals surface area contributed by atoms with Crippen LogP contribution in [0.2, 0.25) is 0 Å². The number of oxazole rings is 1. The minimum Gasteiger partial charge on any atom is -0.465 e. The van der Waals surface area contributed by atoms with Gasteiger partial charge in [0.25, 0.3) is 0 Å². The van der Waals surface area contributed by atoms with E-state index in [0.717, 1.165) is 27.8 Å². The molecule has 3 aromatic rings. The third-order valence-electron chi connectivity index (χ3n) is 3.50. The Morgan fingerprint density at radius 2 is 1.79 bits per heavy atom. The van der Waals surface area contributed by atoms with E-state index in [-0.39, 0.29) is 5.97 Å². The first-order chi connectivity index (χ1) is 11.5. The first-order valence-corrected chi connectivity index (χ1v) is 8.07. The first-order valence-electron chi connectivity index (χ1n) is 8.07. The number of aryl methyl sites for hydroxylation is 2. The van der Waals surface area contributed by atoms with Crippen molar-refractivity contribution in [2.45, 2.75) is 34.1 Å². The summed E-state index contributed by atoms with van der Waals surface area (Å²) in [7, 11) is 1.38. The second-order valence-corrected chi connectivity index (χ2v) is 5.67. The van der Waals surface area contributed by atoms with Crippen LogP contribution in [0.25, 0.3) is 22.6 Å². The Labute approximate surface area is 142 Å². The molecular formula is C20H23NO3. The lowest BCUT2D eigenvalue weighted by Gasteiger charge is -2.08. The molecule has 24 heavy (non-hydrogen) atoms. The lowest BCUT2D eigenvalue weighted by Crippen LogP contribution is -2.04. The van der Waals surface area contributed by atoms with E-state index in [4.69, 9.17) is 9.15 Å². The number of benzene rings is 2. The summed E-state index contributed by atoms with van der Waals surface area (Å²) in [5.41, 5.74) is 4.78. The Balaban J connectivity index is 0.000000647. The maximum absolute atomic E-state index is 11.7. The second kappa shape index (κ2) is 7.77. The van der Waals surface area contributed by atoms with Gasteiger partial charge in [0, 0.05) is 5.56 Å². The molecular weight excluding hydrogens is 302 g/mol. The van der Waals surface area contributed by atoms with Crippen LogP contribution in [-0.2, 0) is 4.74 Å². The second-order valence-electron chi connectivity index (χ2n) is 5.67. The molecule has 0 aliphatic rings. The summed E-state index contributed by atoms with van der Waals surface area (Å²) >= 11 is 0. The minimum atomic E-state index is -0.334. The Morgan fingerprint density at radius 3 is 2.42 bits per heavy atom. The number of methoxy groups -OCH3 is 1. The van der Waals surface area contributed by atoms with Crippen molar-refractivity contribution in [3.63, 3.8) is 0 Å². The molecule has 0 fully saturated rings. The van der Waals surface area contributed by atoms with Gasteiger partial charge in [0.15, 0.2) is 5.58 Å². The topological polar surface area (TPSA) is 52.3 Å². The van der Waals surface area contributed by atoms with Crippen molar-refractivity contribution in [3.05, 3.63) is 53.1 Å². The Kier molecular flexibility index (Phi) is 5.74. The quantitative estimate of drug-likeness (QED) is 0.599. The third kappa shape index (κ3) is 3.65. The first kappa shape index (κ1) is 17.7. The van der Waals surface area contributed by atoms with E-state index in [1.165, 1.54) is 13.5 Å². The Morgan fingerprint density at radius 1 is 1.12 bits per heavy atom. The number of fused-ring (bicyclic) bond motifs is 1. The molecule has 1 heterocycles. The molecule has 0 spiro atoms. The number of carbonyl (C=O) groups is 1. The van der Waals surface area contributed by atoms with Crippen LogP contribution in [0.15, 0.2) is 40.8 Å². The summed E-state index contributed by atoms with van der Waals surface area (Å²) in [6, 6.07) is 11.4. The van der Waals surface area contributed by atoms with E-state index < -0.39 is 0 Å². The molecule has 1 aromatic heterocycles. The van der Waals surface area contributed by atoms with Crippen molar-refractivity contribution in [1.29, 1.82) is 0 Å². The van der Waals surface area contributed by atoms with Crippen LogP contribution >= 0.6 is 0 Å². The van der Waals surface area contributed by atoms with Gasteiger partial charge in [-0.05, 0) is 49.2 Å². The zero-order chi connectivity index (χ0) is 17.7. The molecule has 3 rings (SSSR count). The van der Waals surface area contributed by atoms with Crippen molar-refractivity contribution in [2.24, 2.45) is 0 Å². The molecule has 0 aliphatic carbocycles. The van der Waals surface area contributed by atoms with Crippen molar-refractivity contribution >= 4 is 17.1 Å². The van der Waals surface area contributed by atoms with Gasteiger partial charge in [-0.1, -0.05) is 32.4 Å². The summed E-state index contributed by atoms with van der Waals surface area (Å²) in [4.78, 5) is 16.2. The highest BCUT2D eigenvalue weighted by molar-refractivity contribution is 5.92.